The summed E-state index contributed by atoms with van der Waals surface area (Å²) in [5, 5.41) is 7.36. The van der Waals surface area contributed by atoms with E-state index in [1.165, 1.54) is 19.2 Å². The van der Waals surface area contributed by atoms with Crippen LogP contribution < -0.4 is 14.8 Å². The van der Waals surface area contributed by atoms with Crippen molar-refractivity contribution in [1.29, 1.82) is 0 Å². The van der Waals surface area contributed by atoms with Crippen LogP contribution in [0.3, 0.4) is 0 Å². The van der Waals surface area contributed by atoms with Crippen LogP contribution in [0.15, 0.2) is 48.2 Å². The van der Waals surface area contributed by atoms with E-state index in [4.69, 9.17) is 37.7 Å². The Labute approximate surface area is 219 Å². The van der Waals surface area contributed by atoms with Crippen molar-refractivity contribution in [3.05, 3.63) is 74.5 Å². The molecule has 1 aliphatic heterocycles. The molecule has 0 aliphatic carbocycles. The number of aryl methyl sites for hydroxylation is 1. The van der Waals surface area contributed by atoms with E-state index in [2.05, 4.69) is 20.2 Å². The van der Waals surface area contributed by atoms with Crippen molar-refractivity contribution in [2.75, 3.05) is 25.5 Å². The van der Waals surface area contributed by atoms with Crippen LogP contribution in [0, 0.1) is 6.92 Å². The summed E-state index contributed by atoms with van der Waals surface area (Å²) in [6.07, 6.45) is 5.62. The standard InChI is InChI=1S/C25H27Cl2N5O2S/c1-17-11-23(33-2)22(34-14-19-15-35-24(30-19)13-32-9-3-4-10-32)7-8-28-16-29-25(17)31-18-5-6-20(26)21(27)12-18/h5-8,11-12,15-16H,3-4,9-10,13-14H2,1-2H3,(H,28,29,31). The number of methoxy groups -OCH3 is 1. The molecule has 184 valence electrons. The summed E-state index contributed by atoms with van der Waals surface area (Å²) in [5.74, 6) is 1.68. The molecule has 0 radical (unpaired) electrons. The Morgan fingerprint density at radius 1 is 1.09 bits per heavy atom. The summed E-state index contributed by atoms with van der Waals surface area (Å²) in [6.45, 7) is 5.46. The van der Waals surface area contributed by atoms with Gasteiger partial charge in [-0.1, -0.05) is 23.2 Å². The van der Waals surface area contributed by atoms with Crippen molar-refractivity contribution < 1.29 is 9.47 Å². The van der Waals surface area contributed by atoms with E-state index in [1.54, 1.807) is 42.8 Å². The Morgan fingerprint density at radius 3 is 2.69 bits per heavy atom. The summed E-state index contributed by atoms with van der Waals surface area (Å²) < 4.78 is 11.8. The second-order valence-electron chi connectivity index (χ2n) is 8.08. The molecular formula is C25H27Cl2N5O2S. The van der Waals surface area contributed by atoms with Gasteiger partial charge in [0, 0.05) is 23.3 Å². The van der Waals surface area contributed by atoms with Crippen LogP contribution >= 0.6 is 34.5 Å². The van der Waals surface area contributed by atoms with E-state index in [-0.39, 0.29) is 0 Å². The highest BCUT2D eigenvalue weighted by Gasteiger charge is 2.14. The van der Waals surface area contributed by atoms with E-state index in [1.807, 2.05) is 24.4 Å². The third kappa shape index (κ3) is 7.18. The maximum absolute atomic E-state index is 6.16. The van der Waals surface area contributed by atoms with Crippen LogP contribution in [0.5, 0.6) is 11.5 Å². The van der Waals surface area contributed by atoms with Crippen LogP contribution in [0.25, 0.3) is 0 Å². The molecule has 7 nitrogen and oxygen atoms in total. The van der Waals surface area contributed by atoms with E-state index < -0.39 is 0 Å². The van der Waals surface area contributed by atoms with Gasteiger partial charge in [0.2, 0.25) is 0 Å². The Hall–Kier alpha value is -2.65. The fourth-order valence-electron chi connectivity index (χ4n) is 3.65. The lowest BCUT2D eigenvalue weighted by Crippen LogP contribution is -2.18. The molecule has 1 fully saturated rings. The lowest BCUT2D eigenvalue weighted by Gasteiger charge is -2.11. The molecule has 0 bridgehead atoms. The van der Waals surface area contributed by atoms with Gasteiger partial charge >= 0.3 is 0 Å². The van der Waals surface area contributed by atoms with E-state index in [0.717, 1.165) is 41.6 Å². The molecule has 4 rings (SSSR count). The van der Waals surface area contributed by atoms with Crippen LogP contribution in [0.2, 0.25) is 10.0 Å². The number of ether oxygens (including phenoxy) is 2. The lowest BCUT2D eigenvalue weighted by atomic mass is 10.2. The average Bonchev–Trinajstić information content (AvgIpc) is 3.53. The fourth-order valence-corrected chi connectivity index (χ4v) is 4.77. The third-order valence-electron chi connectivity index (χ3n) is 5.46. The number of likely N-dealkylation sites (tertiary alicyclic amines) is 1. The molecule has 0 unspecified atom stereocenters. The van der Waals surface area contributed by atoms with Gasteiger partial charge in [0.1, 0.15) is 23.8 Å². The van der Waals surface area contributed by atoms with Gasteiger partial charge in [-0.15, -0.1) is 11.3 Å². The number of benzene rings is 1. The molecule has 1 aromatic carbocycles. The maximum atomic E-state index is 6.16. The lowest BCUT2D eigenvalue weighted by molar-refractivity contribution is 0.280. The normalized spacial score (nSPS) is 13.4. The molecule has 3 heterocycles. The second kappa shape index (κ2) is 12.4. The topological polar surface area (TPSA) is 72.4 Å². The summed E-state index contributed by atoms with van der Waals surface area (Å²) in [6, 6.07) is 8.91. The van der Waals surface area contributed by atoms with Crippen LogP contribution in [0.4, 0.5) is 11.5 Å². The summed E-state index contributed by atoms with van der Waals surface area (Å²) in [5.41, 5.74) is 2.46. The van der Waals surface area contributed by atoms with E-state index in [0.29, 0.717) is 34.0 Å². The molecule has 1 N–H and O–H groups in total. The minimum absolute atomic E-state index is 0.335. The van der Waals surface area contributed by atoms with Gasteiger partial charge in [-0.05, 0) is 62.7 Å². The number of anilines is 2. The molecule has 1 saturated heterocycles. The summed E-state index contributed by atoms with van der Waals surface area (Å²) >= 11 is 13.9. The molecule has 0 saturated carbocycles. The number of nitrogens with one attached hydrogen (secondary N) is 1. The van der Waals surface area contributed by atoms with Gasteiger partial charge in [-0.25, -0.2) is 15.0 Å². The third-order valence-corrected chi connectivity index (χ3v) is 7.09. The SMILES string of the molecule is COc1cc(C)c(Nc2ccc(Cl)c(Cl)c2)ncnccc1OCc1csc(CN2CCCC2)n1. The van der Waals surface area contributed by atoms with Gasteiger partial charge in [0.05, 0.1) is 29.4 Å². The molecule has 0 spiro atoms. The summed E-state index contributed by atoms with van der Waals surface area (Å²) in [7, 11) is 1.60. The largest absolute Gasteiger partial charge is 0.493 e. The highest BCUT2D eigenvalue weighted by atomic mass is 35.5. The van der Waals surface area contributed by atoms with E-state index in [9.17, 15) is 0 Å². The Morgan fingerprint density at radius 2 is 1.91 bits per heavy atom. The minimum atomic E-state index is 0.335. The Kier molecular flexibility index (Phi) is 8.98. The first kappa shape index (κ1) is 25.4. The van der Waals surface area contributed by atoms with Crippen molar-refractivity contribution in [3.8, 4) is 11.5 Å². The monoisotopic (exact) mass is 531 g/mol. The Bertz CT molecular complexity index is 1220. The van der Waals surface area contributed by atoms with Crippen molar-refractivity contribution in [2.45, 2.75) is 32.9 Å². The van der Waals surface area contributed by atoms with Crippen molar-refractivity contribution in [2.24, 2.45) is 0 Å². The zero-order chi connectivity index (χ0) is 24.6. The highest BCUT2D eigenvalue weighted by molar-refractivity contribution is 7.09. The number of hydrogen-bond acceptors (Lipinski definition) is 8. The van der Waals surface area contributed by atoms with E-state index >= 15 is 0 Å². The van der Waals surface area contributed by atoms with Gasteiger partial charge in [0.15, 0.2) is 11.5 Å². The smallest absolute Gasteiger partial charge is 0.163 e. The van der Waals surface area contributed by atoms with Crippen LogP contribution in [-0.2, 0) is 13.2 Å². The predicted molar refractivity (Wildman–Crippen MR) is 142 cm³/mol. The van der Waals surface area contributed by atoms with Crippen LogP contribution in [0.1, 0.15) is 29.1 Å². The predicted octanol–water partition coefficient (Wildman–Crippen LogP) is 6.60. The summed E-state index contributed by atoms with van der Waals surface area (Å²) in [4.78, 5) is 15.8. The molecule has 3 aromatic rings. The first-order valence-electron chi connectivity index (χ1n) is 11.3. The number of rotatable bonds is 8. The minimum Gasteiger partial charge on any atom is -0.493 e. The molecule has 2 aromatic heterocycles. The maximum Gasteiger partial charge on any atom is 0.163 e. The quantitative estimate of drug-likeness (QED) is 0.351. The van der Waals surface area contributed by atoms with Gasteiger partial charge in [-0.3, -0.25) is 4.90 Å². The second-order valence-corrected chi connectivity index (χ2v) is 9.83. The van der Waals surface area contributed by atoms with Gasteiger partial charge < -0.3 is 14.8 Å². The van der Waals surface area contributed by atoms with Crippen molar-refractivity contribution >= 4 is 46.0 Å². The number of thiazole rings is 1. The molecule has 0 amide bonds. The zero-order valence-corrected chi connectivity index (χ0v) is 22.0. The molecule has 1 aliphatic rings. The average molecular weight is 532 g/mol. The molecular weight excluding hydrogens is 505 g/mol. The first-order chi connectivity index (χ1) is 17.0. The van der Waals surface area contributed by atoms with Crippen molar-refractivity contribution in [1.82, 2.24) is 19.9 Å². The van der Waals surface area contributed by atoms with Crippen molar-refractivity contribution in [3.63, 3.8) is 0 Å². The number of hydrogen-bond donors (Lipinski definition) is 1. The fraction of sp³-hybridized carbons (Fsp3) is 0.320. The highest BCUT2D eigenvalue weighted by Crippen LogP contribution is 2.30. The van der Waals surface area contributed by atoms with Gasteiger partial charge in [-0.2, -0.15) is 0 Å². The molecule has 0 atom stereocenters. The zero-order valence-electron chi connectivity index (χ0n) is 19.6. The number of aromatic nitrogens is 3. The van der Waals surface area contributed by atoms with Crippen LogP contribution in [-0.4, -0.2) is 40.1 Å². The molecule has 10 heteroatoms. The number of nitrogens with zero attached hydrogens (tertiary/aromatic N) is 4. The number of halogens is 2. The van der Waals surface area contributed by atoms with Gasteiger partial charge in [0.25, 0.3) is 0 Å². The first-order valence-corrected chi connectivity index (χ1v) is 12.9. The molecule has 35 heavy (non-hydrogen) atoms. The Balaban J connectivity index is 1.54.